The maximum absolute atomic E-state index is 11.0. The van der Waals surface area contributed by atoms with Gasteiger partial charge in [0.25, 0.3) is 0 Å². The molecular weight excluding hydrogens is 426 g/mol. The molecule has 0 unspecified atom stereocenters. The van der Waals surface area contributed by atoms with Crippen LogP contribution in [0.2, 0.25) is 0 Å². The van der Waals surface area contributed by atoms with E-state index in [9.17, 15) is 4.79 Å². The van der Waals surface area contributed by atoms with Gasteiger partial charge < -0.3 is 9.67 Å². The summed E-state index contributed by atoms with van der Waals surface area (Å²) < 4.78 is 1.76. The Morgan fingerprint density at radius 1 is 0.941 bits per heavy atom. The van der Waals surface area contributed by atoms with Gasteiger partial charge in [0.15, 0.2) is 0 Å². The molecule has 7 nitrogen and oxygen atoms in total. The molecule has 0 saturated carbocycles. The van der Waals surface area contributed by atoms with E-state index in [-0.39, 0.29) is 6.04 Å². The summed E-state index contributed by atoms with van der Waals surface area (Å²) >= 11 is 0. The third-order valence-electron chi connectivity index (χ3n) is 6.57. The van der Waals surface area contributed by atoms with Gasteiger partial charge in [0.1, 0.15) is 0 Å². The molecule has 34 heavy (non-hydrogen) atoms. The number of nitrogens with zero attached hydrogens (tertiary/aromatic N) is 4. The van der Waals surface area contributed by atoms with Gasteiger partial charge in [-0.1, -0.05) is 66.7 Å². The Balaban J connectivity index is 1.28. The van der Waals surface area contributed by atoms with E-state index in [0.717, 1.165) is 43.8 Å². The monoisotopic (exact) mass is 455 g/mol. The topological polar surface area (TPSA) is 73.6 Å². The maximum Gasteiger partial charge on any atom is 0.411 e. The van der Waals surface area contributed by atoms with Crippen LogP contribution in [0.4, 0.5) is 10.7 Å². The van der Waals surface area contributed by atoms with Crippen molar-refractivity contribution in [3.05, 3.63) is 95.6 Å². The molecule has 0 bridgehead atoms. The first-order valence-corrected chi connectivity index (χ1v) is 11.6. The largest absolute Gasteiger partial charge is 0.465 e. The standard InChI is InChI=1S/C27H29N5O2/c1-30-24-13-12-20(18-23(24)28-26(30)29-27(33)34)19-31-14-16-32(17-15-31)25(21-8-4-2-5-9-21)22-10-6-3-7-11-22/h2-13,18,25H,14-17,19H2,1H3,(H,28,29)(H,33,34). The number of amides is 1. The molecule has 2 N–H and O–H groups in total. The molecule has 4 aromatic rings. The Morgan fingerprint density at radius 2 is 1.56 bits per heavy atom. The lowest BCUT2D eigenvalue weighted by atomic mass is 9.96. The number of aryl methyl sites for hydroxylation is 1. The number of hydrogen-bond donors (Lipinski definition) is 2. The van der Waals surface area contributed by atoms with E-state index in [0.29, 0.717) is 5.95 Å². The summed E-state index contributed by atoms with van der Waals surface area (Å²) in [6.07, 6.45) is -1.11. The molecule has 0 aliphatic carbocycles. The van der Waals surface area contributed by atoms with Crippen LogP contribution in [0, 0.1) is 0 Å². The van der Waals surface area contributed by atoms with Gasteiger partial charge >= 0.3 is 6.09 Å². The van der Waals surface area contributed by atoms with Crippen molar-refractivity contribution in [3.63, 3.8) is 0 Å². The van der Waals surface area contributed by atoms with E-state index >= 15 is 0 Å². The SMILES string of the molecule is Cn1c(NC(=O)O)nc2cc(CN3CCN(C(c4ccccc4)c4ccccc4)CC3)ccc21. The summed E-state index contributed by atoms with van der Waals surface area (Å²) in [4.78, 5) is 20.5. The van der Waals surface area contributed by atoms with Gasteiger partial charge in [0.2, 0.25) is 5.95 Å². The van der Waals surface area contributed by atoms with E-state index in [2.05, 4.69) is 92.9 Å². The van der Waals surface area contributed by atoms with Crippen LogP contribution in [0.25, 0.3) is 11.0 Å². The summed E-state index contributed by atoms with van der Waals surface area (Å²) in [6, 6.07) is 27.9. The fourth-order valence-electron chi connectivity index (χ4n) is 4.87. The number of carboxylic acid groups (broad SMARTS) is 1. The van der Waals surface area contributed by atoms with Crippen molar-refractivity contribution in [2.45, 2.75) is 12.6 Å². The predicted molar refractivity (Wildman–Crippen MR) is 134 cm³/mol. The van der Waals surface area contributed by atoms with E-state index < -0.39 is 6.09 Å². The van der Waals surface area contributed by atoms with Crippen LogP contribution in [-0.2, 0) is 13.6 Å². The second-order valence-corrected chi connectivity index (χ2v) is 8.78. The van der Waals surface area contributed by atoms with Crippen molar-refractivity contribution in [2.75, 3.05) is 31.5 Å². The normalized spacial score (nSPS) is 15.1. The zero-order valence-corrected chi connectivity index (χ0v) is 19.3. The van der Waals surface area contributed by atoms with Gasteiger partial charge in [-0.2, -0.15) is 0 Å². The third-order valence-corrected chi connectivity index (χ3v) is 6.57. The lowest BCUT2D eigenvalue weighted by molar-refractivity contribution is 0.105. The molecule has 1 aliphatic rings. The van der Waals surface area contributed by atoms with Gasteiger partial charge in [0.05, 0.1) is 17.1 Å². The molecule has 1 aromatic heterocycles. The van der Waals surface area contributed by atoms with Crippen LogP contribution in [-0.4, -0.2) is 56.7 Å². The van der Waals surface area contributed by atoms with E-state index in [1.54, 1.807) is 4.57 Å². The molecule has 1 saturated heterocycles. The highest BCUT2D eigenvalue weighted by molar-refractivity contribution is 5.86. The second kappa shape index (κ2) is 9.67. The summed E-state index contributed by atoms with van der Waals surface area (Å²) in [5, 5.41) is 11.4. The van der Waals surface area contributed by atoms with Crippen LogP contribution in [0.5, 0.6) is 0 Å². The number of rotatable bonds is 6. The van der Waals surface area contributed by atoms with Gasteiger partial charge in [-0.25, -0.2) is 9.78 Å². The van der Waals surface area contributed by atoms with Crippen molar-refractivity contribution in [1.29, 1.82) is 0 Å². The van der Waals surface area contributed by atoms with Crippen molar-refractivity contribution in [2.24, 2.45) is 7.05 Å². The predicted octanol–water partition coefficient (Wildman–Crippen LogP) is 4.57. The summed E-state index contributed by atoms with van der Waals surface area (Å²) in [5.74, 6) is 0.334. The summed E-state index contributed by atoms with van der Waals surface area (Å²) in [5.41, 5.74) is 5.55. The quantitative estimate of drug-likeness (QED) is 0.446. The van der Waals surface area contributed by atoms with Gasteiger partial charge in [-0.15, -0.1) is 0 Å². The number of hydrogen-bond acceptors (Lipinski definition) is 4. The average Bonchev–Trinajstić information content (AvgIpc) is 3.15. The number of piperazine rings is 1. The number of nitrogens with one attached hydrogen (secondary N) is 1. The van der Waals surface area contributed by atoms with E-state index in [1.807, 2.05) is 13.1 Å². The van der Waals surface area contributed by atoms with Crippen LogP contribution < -0.4 is 5.32 Å². The van der Waals surface area contributed by atoms with E-state index in [4.69, 9.17) is 5.11 Å². The van der Waals surface area contributed by atoms with Gasteiger partial charge in [0, 0.05) is 39.8 Å². The highest BCUT2D eigenvalue weighted by atomic mass is 16.4. The van der Waals surface area contributed by atoms with Gasteiger partial charge in [-0.05, 0) is 28.8 Å². The molecule has 0 radical (unpaired) electrons. The highest BCUT2D eigenvalue weighted by Crippen LogP contribution is 2.30. The fourth-order valence-corrected chi connectivity index (χ4v) is 4.87. The van der Waals surface area contributed by atoms with Crippen molar-refractivity contribution >= 4 is 23.1 Å². The summed E-state index contributed by atoms with van der Waals surface area (Å²) in [7, 11) is 1.81. The number of aromatic nitrogens is 2. The lowest BCUT2D eigenvalue weighted by Crippen LogP contribution is -2.47. The minimum Gasteiger partial charge on any atom is -0.465 e. The molecule has 1 fully saturated rings. The minimum absolute atomic E-state index is 0.259. The van der Waals surface area contributed by atoms with Crippen LogP contribution in [0.3, 0.4) is 0 Å². The Morgan fingerprint density at radius 3 is 2.15 bits per heavy atom. The fraction of sp³-hybridized carbons (Fsp3) is 0.259. The Kier molecular flexibility index (Phi) is 6.29. The first-order valence-electron chi connectivity index (χ1n) is 11.6. The number of imidazole rings is 1. The van der Waals surface area contributed by atoms with Crippen molar-refractivity contribution in [1.82, 2.24) is 19.4 Å². The molecule has 7 heteroatoms. The second-order valence-electron chi connectivity index (χ2n) is 8.78. The van der Waals surface area contributed by atoms with E-state index in [1.165, 1.54) is 16.7 Å². The van der Waals surface area contributed by atoms with Crippen molar-refractivity contribution in [3.8, 4) is 0 Å². The maximum atomic E-state index is 11.0. The molecule has 2 heterocycles. The highest BCUT2D eigenvalue weighted by Gasteiger charge is 2.26. The third kappa shape index (κ3) is 4.66. The Labute approximate surface area is 199 Å². The van der Waals surface area contributed by atoms with Crippen molar-refractivity contribution < 1.29 is 9.90 Å². The smallest absolute Gasteiger partial charge is 0.411 e. The van der Waals surface area contributed by atoms with Crippen LogP contribution in [0.15, 0.2) is 78.9 Å². The molecular formula is C27H29N5O2. The Hall–Kier alpha value is -3.68. The Bertz CT molecular complexity index is 1220. The summed E-state index contributed by atoms with van der Waals surface area (Å²) in [6.45, 7) is 4.81. The average molecular weight is 456 g/mol. The first-order chi connectivity index (χ1) is 16.6. The van der Waals surface area contributed by atoms with Crippen LogP contribution in [0.1, 0.15) is 22.7 Å². The molecule has 1 amide bonds. The molecule has 3 aromatic carbocycles. The number of carbonyl (C=O) groups is 1. The molecule has 5 rings (SSSR count). The number of fused-ring (bicyclic) bond motifs is 1. The number of anilines is 1. The minimum atomic E-state index is -1.11. The zero-order chi connectivity index (χ0) is 23.5. The van der Waals surface area contributed by atoms with Gasteiger partial charge in [-0.3, -0.25) is 15.1 Å². The first kappa shape index (κ1) is 22.1. The van der Waals surface area contributed by atoms with Crippen LogP contribution >= 0.6 is 0 Å². The molecule has 0 spiro atoms. The molecule has 1 aliphatic heterocycles. The zero-order valence-electron chi connectivity index (χ0n) is 19.3. The molecule has 0 atom stereocenters. The number of benzene rings is 3. The molecule has 174 valence electrons. The lowest BCUT2D eigenvalue weighted by Gasteiger charge is -2.39.